The molecule has 0 heterocycles. The molecule has 1 aromatic rings. The number of rotatable bonds is 3. The van der Waals surface area contributed by atoms with Gasteiger partial charge in [0, 0.05) is 0 Å². The molecule has 0 aliphatic rings. The fourth-order valence-electron chi connectivity index (χ4n) is 0.812. The Bertz CT molecular complexity index is 455. The molecule has 1 rings (SSSR count). The van der Waals surface area contributed by atoms with Crippen LogP contribution in [-0.4, -0.2) is 30.1 Å². The molecule has 9 heteroatoms. The first-order valence-corrected chi connectivity index (χ1v) is 5.15. The van der Waals surface area contributed by atoms with Crippen molar-refractivity contribution in [3.05, 3.63) is 24.3 Å². The number of benzene rings is 1. The molecule has 0 radical (unpaired) electrons. The Morgan fingerprint density at radius 2 is 1.67 bits per heavy atom. The lowest BCUT2D eigenvalue weighted by molar-refractivity contribution is 0.425. The fraction of sp³-hybridized carbons (Fsp3) is 0. The zero-order valence-electron chi connectivity index (χ0n) is 7.35. The molecule has 80 valence electrons. The predicted octanol–water partition coefficient (Wildman–Crippen LogP) is -0.747. The molecule has 0 saturated heterocycles. The van der Waals surface area contributed by atoms with Gasteiger partial charge in [-0.05, 0) is 22.1 Å². The minimum Gasteiger partial charge on any atom is -0.423 e. The number of nitrogens with zero attached hydrogens (tertiary/aromatic N) is 2. The third kappa shape index (κ3) is 4.17. The lowest BCUT2D eigenvalue weighted by atomic mass is 9.80. The minimum atomic E-state index is -4.49. The van der Waals surface area contributed by atoms with E-state index in [-0.39, 0.29) is 11.2 Å². The molecule has 0 atom stereocenters. The maximum absolute atomic E-state index is 10.2. The molecular formula is C6H7BN2O5S. The van der Waals surface area contributed by atoms with E-state index < -0.39 is 17.4 Å². The Kier molecular flexibility index (Phi) is 3.53. The van der Waals surface area contributed by atoms with E-state index in [1.807, 2.05) is 0 Å². The summed E-state index contributed by atoms with van der Waals surface area (Å²) in [6.45, 7) is 0. The second-order valence-corrected chi connectivity index (χ2v) is 3.65. The van der Waals surface area contributed by atoms with E-state index in [1.165, 1.54) is 24.3 Å². The van der Waals surface area contributed by atoms with Crippen molar-refractivity contribution in [3.8, 4) is 0 Å². The maximum atomic E-state index is 10.2. The van der Waals surface area contributed by atoms with Crippen LogP contribution in [0.2, 0.25) is 0 Å². The van der Waals surface area contributed by atoms with Crippen molar-refractivity contribution in [2.45, 2.75) is 0 Å². The zero-order chi connectivity index (χ0) is 11.5. The molecule has 0 bridgehead atoms. The summed E-state index contributed by atoms with van der Waals surface area (Å²) >= 11 is 0. The van der Waals surface area contributed by atoms with Gasteiger partial charge in [0.15, 0.2) is 0 Å². The normalized spacial score (nSPS) is 11.9. The van der Waals surface area contributed by atoms with Crippen LogP contribution in [0.5, 0.6) is 0 Å². The second-order valence-electron chi connectivity index (χ2n) is 2.59. The molecule has 0 unspecified atom stereocenters. The van der Waals surface area contributed by atoms with Crippen molar-refractivity contribution in [2.75, 3.05) is 0 Å². The average Bonchev–Trinajstić information content (AvgIpc) is 2.14. The second kappa shape index (κ2) is 4.49. The first-order chi connectivity index (χ1) is 6.88. The lowest BCUT2D eigenvalue weighted by Crippen LogP contribution is -2.29. The molecule has 7 nitrogen and oxygen atoms in total. The van der Waals surface area contributed by atoms with Gasteiger partial charge in [-0.15, -0.1) is 5.11 Å². The van der Waals surface area contributed by atoms with E-state index in [4.69, 9.17) is 14.6 Å². The number of hydrogen-bond donors (Lipinski definition) is 3. The highest BCUT2D eigenvalue weighted by atomic mass is 32.2. The summed E-state index contributed by atoms with van der Waals surface area (Å²) in [6, 6.07) is 5.32. The monoisotopic (exact) mass is 230 g/mol. The molecule has 15 heavy (non-hydrogen) atoms. The molecule has 0 spiro atoms. The Balaban J connectivity index is 2.86. The van der Waals surface area contributed by atoms with E-state index in [2.05, 4.69) is 9.63 Å². The molecule has 0 amide bonds. The summed E-state index contributed by atoms with van der Waals surface area (Å²) in [5, 5.41) is 20.7. The summed E-state index contributed by atoms with van der Waals surface area (Å²) in [4.78, 5) is 0. The highest BCUT2D eigenvalue weighted by Crippen LogP contribution is 2.10. The molecule has 0 aliphatic carbocycles. The standard InChI is InChI=1S/C6H7BN2O5S/c10-7(11)5-1-3-6(4-2-5)8-9-15(12,13)14/h1-4,10-11H,(H,12,13,14). The van der Waals surface area contributed by atoms with Crippen LogP contribution in [0.25, 0.3) is 0 Å². The van der Waals surface area contributed by atoms with Gasteiger partial charge in [0.25, 0.3) is 0 Å². The Labute approximate surface area is 86.1 Å². The van der Waals surface area contributed by atoms with E-state index in [1.54, 1.807) is 0 Å². The van der Waals surface area contributed by atoms with Crippen LogP contribution in [-0.2, 0) is 10.3 Å². The van der Waals surface area contributed by atoms with Gasteiger partial charge in [-0.1, -0.05) is 12.1 Å². The molecule has 0 fully saturated rings. The summed E-state index contributed by atoms with van der Waals surface area (Å²) in [5.41, 5.74) is 0.401. The summed E-state index contributed by atoms with van der Waals surface area (Å²) in [7, 11) is -6.09. The summed E-state index contributed by atoms with van der Waals surface area (Å²) in [6.07, 6.45) is 0. The lowest BCUT2D eigenvalue weighted by Gasteiger charge is -1.97. The van der Waals surface area contributed by atoms with Crippen molar-refractivity contribution in [3.63, 3.8) is 0 Å². The van der Waals surface area contributed by atoms with Gasteiger partial charge < -0.3 is 10.0 Å². The van der Waals surface area contributed by atoms with Gasteiger partial charge in [0.05, 0.1) is 5.69 Å². The van der Waals surface area contributed by atoms with Crippen LogP contribution in [0, 0.1) is 0 Å². The van der Waals surface area contributed by atoms with Gasteiger partial charge in [-0.25, -0.2) is 0 Å². The first kappa shape index (κ1) is 11.8. The van der Waals surface area contributed by atoms with Crippen molar-refractivity contribution in [1.82, 2.24) is 0 Å². The van der Waals surface area contributed by atoms with Crippen LogP contribution in [0.15, 0.2) is 33.9 Å². The first-order valence-electron chi connectivity index (χ1n) is 3.75. The Morgan fingerprint density at radius 3 is 2.07 bits per heavy atom. The molecule has 0 aliphatic heterocycles. The van der Waals surface area contributed by atoms with Crippen molar-refractivity contribution >= 4 is 28.6 Å². The molecule has 0 saturated carbocycles. The fourth-order valence-corrected chi connectivity index (χ4v) is 1.01. The molecule has 1 aromatic carbocycles. The number of hydrogen-bond acceptors (Lipinski definition) is 5. The van der Waals surface area contributed by atoms with Crippen LogP contribution >= 0.6 is 0 Å². The van der Waals surface area contributed by atoms with Crippen LogP contribution in [0.1, 0.15) is 0 Å². The highest BCUT2D eigenvalue weighted by Gasteiger charge is 2.09. The quantitative estimate of drug-likeness (QED) is 0.358. The Morgan fingerprint density at radius 1 is 1.13 bits per heavy atom. The third-order valence-corrected chi connectivity index (χ3v) is 1.74. The van der Waals surface area contributed by atoms with E-state index in [0.717, 1.165) is 0 Å². The average molecular weight is 230 g/mol. The van der Waals surface area contributed by atoms with Gasteiger partial charge in [-0.3, -0.25) is 4.55 Å². The van der Waals surface area contributed by atoms with Crippen LogP contribution in [0.3, 0.4) is 0 Å². The van der Waals surface area contributed by atoms with Crippen molar-refractivity contribution in [2.24, 2.45) is 9.63 Å². The van der Waals surface area contributed by atoms with Gasteiger partial charge in [-0.2, -0.15) is 8.42 Å². The van der Waals surface area contributed by atoms with E-state index in [0.29, 0.717) is 0 Å². The summed E-state index contributed by atoms with van der Waals surface area (Å²) in [5.74, 6) is 0. The van der Waals surface area contributed by atoms with Crippen molar-refractivity contribution < 1.29 is 23.0 Å². The largest absolute Gasteiger partial charge is 0.488 e. The topological polar surface area (TPSA) is 120 Å². The van der Waals surface area contributed by atoms with Gasteiger partial charge in [0.1, 0.15) is 0 Å². The summed E-state index contributed by atoms with van der Waals surface area (Å²) < 4.78 is 31.3. The van der Waals surface area contributed by atoms with E-state index in [9.17, 15) is 8.42 Å². The third-order valence-electron chi connectivity index (χ3n) is 1.45. The van der Waals surface area contributed by atoms with Crippen LogP contribution in [0.4, 0.5) is 5.69 Å². The van der Waals surface area contributed by atoms with Gasteiger partial charge in [0.2, 0.25) is 0 Å². The molecule has 0 aromatic heterocycles. The maximum Gasteiger partial charge on any atom is 0.488 e. The predicted molar refractivity (Wildman–Crippen MR) is 52.3 cm³/mol. The SMILES string of the molecule is O=S(=O)(O)N=Nc1ccc(B(O)O)cc1. The Hall–Kier alpha value is -1.29. The highest BCUT2D eigenvalue weighted by molar-refractivity contribution is 7.84. The zero-order valence-corrected chi connectivity index (χ0v) is 8.16. The van der Waals surface area contributed by atoms with Crippen molar-refractivity contribution in [1.29, 1.82) is 0 Å². The smallest absolute Gasteiger partial charge is 0.423 e. The van der Waals surface area contributed by atoms with Gasteiger partial charge >= 0.3 is 17.4 Å². The molecular weight excluding hydrogens is 223 g/mol. The minimum absolute atomic E-state index is 0.164. The molecule has 3 N–H and O–H groups in total. The van der Waals surface area contributed by atoms with Crippen LogP contribution < -0.4 is 5.46 Å². The van der Waals surface area contributed by atoms with E-state index >= 15 is 0 Å².